The molecule has 2 rings (SSSR count). The van der Waals surface area contributed by atoms with Crippen LogP contribution < -0.4 is 16.0 Å². The Morgan fingerprint density at radius 2 is 1.90 bits per heavy atom. The van der Waals surface area contributed by atoms with Gasteiger partial charge in [-0.05, 0) is 31.4 Å². The van der Waals surface area contributed by atoms with Crippen molar-refractivity contribution >= 4 is 17.6 Å². The van der Waals surface area contributed by atoms with Gasteiger partial charge in [0.05, 0.1) is 0 Å². The summed E-state index contributed by atoms with van der Waals surface area (Å²) < 4.78 is 0. The van der Waals surface area contributed by atoms with Gasteiger partial charge in [0.15, 0.2) is 5.69 Å². The minimum atomic E-state index is -0.287. The summed E-state index contributed by atoms with van der Waals surface area (Å²) in [6.45, 7) is 3.70. The Kier molecular flexibility index (Phi) is 5.48. The van der Waals surface area contributed by atoms with Gasteiger partial charge in [-0.25, -0.2) is 0 Å². The number of amides is 2. The van der Waals surface area contributed by atoms with Gasteiger partial charge in [-0.2, -0.15) is 0 Å². The van der Waals surface area contributed by atoms with Crippen molar-refractivity contribution in [2.45, 2.75) is 26.2 Å². The first kappa shape index (κ1) is 15.2. The van der Waals surface area contributed by atoms with E-state index in [-0.39, 0.29) is 23.4 Å². The molecule has 21 heavy (non-hydrogen) atoms. The first-order chi connectivity index (χ1) is 10.2. The Morgan fingerprint density at radius 1 is 1.14 bits per heavy atom. The summed E-state index contributed by atoms with van der Waals surface area (Å²) in [5.41, 5.74) is 0.269. The minimum Gasteiger partial charge on any atom is -0.369 e. The summed E-state index contributed by atoms with van der Waals surface area (Å²) in [5, 5.41) is 16.4. The van der Waals surface area contributed by atoms with Gasteiger partial charge >= 0.3 is 0 Å². The van der Waals surface area contributed by atoms with Crippen LogP contribution in [0.15, 0.2) is 12.1 Å². The summed E-state index contributed by atoms with van der Waals surface area (Å²) in [7, 11) is 0. The normalized spacial score (nSPS) is 13.6. The third-order valence-electron chi connectivity index (χ3n) is 3.11. The van der Waals surface area contributed by atoms with Gasteiger partial charge in [0.1, 0.15) is 5.82 Å². The van der Waals surface area contributed by atoms with E-state index < -0.39 is 0 Å². The molecule has 0 bridgehead atoms. The van der Waals surface area contributed by atoms with E-state index in [0.717, 1.165) is 25.8 Å². The quantitative estimate of drug-likeness (QED) is 0.608. The molecule has 0 aliphatic heterocycles. The van der Waals surface area contributed by atoms with E-state index in [9.17, 15) is 9.59 Å². The zero-order valence-electron chi connectivity index (χ0n) is 12.2. The Balaban J connectivity index is 1.68. The number of hydrogen-bond donors (Lipinski definition) is 3. The second-order valence-electron chi connectivity index (χ2n) is 5.05. The Labute approximate surface area is 123 Å². The van der Waals surface area contributed by atoms with Crippen molar-refractivity contribution in [2.24, 2.45) is 5.92 Å². The summed E-state index contributed by atoms with van der Waals surface area (Å²) in [4.78, 5) is 23.2. The van der Waals surface area contributed by atoms with Crippen LogP contribution in [0.5, 0.6) is 0 Å². The number of aromatic nitrogens is 2. The minimum absolute atomic E-state index is 0.0791. The van der Waals surface area contributed by atoms with Crippen molar-refractivity contribution in [3.63, 3.8) is 0 Å². The molecule has 1 aliphatic rings. The van der Waals surface area contributed by atoms with Crippen LogP contribution in [-0.2, 0) is 4.79 Å². The first-order valence-electron chi connectivity index (χ1n) is 7.34. The number of rotatable bonds is 8. The van der Waals surface area contributed by atoms with Gasteiger partial charge in [-0.15, -0.1) is 10.2 Å². The van der Waals surface area contributed by atoms with Crippen LogP contribution in [0.1, 0.15) is 36.7 Å². The lowest BCUT2D eigenvalue weighted by Crippen LogP contribution is -2.35. The number of hydrogen-bond acceptors (Lipinski definition) is 5. The van der Waals surface area contributed by atoms with Gasteiger partial charge in [-0.1, -0.05) is 6.92 Å². The van der Waals surface area contributed by atoms with Crippen LogP contribution in [0.2, 0.25) is 0 Å². The molecule has 0 atom stereocenters. The van der Waals surface area contributed by atoms with Crippen molar-refractivity contribution in [3.05, 3.63) is 17.8 Å². The van der Waals surface area contributed by atoms with Crippen LogP contribution in [0.25, 0.3) is 0 Å². The van der Waals surface area contributed by atoms with Crippen LogP contribution >= 0.6 is 0 Å². The Bertz CT molecular complexity index is 485. The van der Waals surface area contributed by atoms with Crippen LogP contribution in [0, 0.1) is 5.92 Å². The molecule has 0 aromatic carbocycles. The maximum absolute atomic E-state index is 11.8. The second kappa shape index (κ2) is 7.56. The highest BCUT2D eigenvalue weighted by molar-refractivity contribution is 5.92. The molecular formula is C14H21N5O2. The second-order valence-corrected chi connectivity index (χ2v) is 5.05. The van der Waals surface area contributed by atoms with Crippen LogP contribution in [0.3, 0.4) is 0 Å². The van der Waals surface area contributed by atoms with Crippen LogP contribution in [-0.4, -0.2) is 41.6 Å². The molecule has 0 spiro atoms. The van der Waals surface area contributed by atoms with Crippen LogP contribution in [0.4, 0.5) is 5.82 Å². The fourth-order valence-electron chi connectivity index (χ4n) is 1.74. The van der Waals surface area contributed by atoms with Crippen molar-refractivity contribution in [2.75, 3.05) is 25.0 Å². The summed E-state index contributed by atoms with van der Waals surface area (Å²) >= 11 is 0. The van der Waals surface area contributed by atoms with Gasteiger partial charge in [-0.3, -0.25) is 9.59 Å². The molecule has 0 saturated heterocycles. The Morgan fingerprint density at radius 3 is 2.52 bits per heavy atom. The van der Waals surface area contributed by atoms with E-state index in [2.05, 4.69) is 33.1 Å². The average Bonchev–Trinajstić information content (AvgIpc) is 3.34. The fourth-order valence-corrected chi connectivity index (χ4v) is 1.74. The van der Waals surface area contributed by atoms with Crippen molar-refractivity contribution in [3.8, 4) is 0 Å². The lowest BCUT2D eigenvalue weighted by Gasteiger charge is -2.07. The van der Waals surface area contributed by atoms with Gasteiger partial charge in [0.25, 0.3) is 5.91 Å². The van der Waals surface area contributed by atoms with Crippen molar-refractivity contribution in [1.29, 1.82) is 0 Å². The smallest absolute Gasteiger partial charge is 0.271 e. The van der Waals surface area contributed by atoms with Gasteiger partial charge in [0.2, 0.25) is 5.91 Å². The third-order valence-corrected chi connectivity index (χ3v) is 3.11. The molecule has 0 unspecified atom stereocenters. The van der Waals surface area contributed by atoms with E-state index in [1.54, 1.807) is 12.1 Å². The zero-order valence-corrected chi connectivity index (χ0v) is 12.2. The fraction of sp³-hybridized carbons (Fsp3) is 0.571. The molecule has 114 valence electrons. The SMILES string of the molecule is CCCNc1ccc(C(=O)NCCNC(=O)C2CC2)nn1. The van der Waals surface area contributed by atoms with Gasteiger partial charge in [0, 0.05) is 25.6 Å². The number of anilines is 1. The zero-order chi connectivity index (χ0) is 15.1. The molecule has 1 fully saturated rings. The largest absolute Gasteiger partial charge is 0.369 e. The maximum atomic E-state index is 11.8. The molecule has 2 amide bonds. The number of carbonyl (C=O) groups is 2. The summed E-state index contributed by atoms with van der Waals surface area (Å²) in [5.74, 6) is 0.639. The molecular weight excluding hydrogens is 270 g/mol. The highest BCUT2D eigenvalue weighted by Gasteiger charge is 2.28. The van der Waals surface area contributed by atoms with Crippen molar-refractivity contribution < 1.29 is 9.59 Å². The summed E-state index contributed by atoms with van der Waals surface area (Å²) in [6, 6.07) is 3.36. The predicted octanol–water partition coefficient (Wildman–Crippen LogP) is 0.554. The predicted molar refractivity (Wildman–Crippen MR) is 78.9 cm³/mol. The Hall–Kier alpha value is -2.18. The number of carbonyl (C=O) groups excluding carboxylic acids is 2. The van der Waals surface area contributed by atoms with E-state index in [4.69, 9.17) is 0 Å². The molecule has 1 saturated carbocycles. The van der Waals surface area contributed by atoms with E-state index >= 15 is 0 Å². The molecule has 1 aromatic heterocycles. The first-order valence-corrected chi connectivity index (χ1v) is 7.34. The average molecular weight is 291 g/mol. The molecule has 7 heteroatoms. The van der Waals surface area contributed by atoms with E-state index in [1.165, 1.54) is 0 Å². The molecule has 1 heterocycles. The highest BCUT2D eigenvalue weighted by atomic mass is 16.2. The van der Waals surface area contributed by atoms with E-state index in [0.29, 0.717) is 18.9 Å². The topological polar surface area (TPSA) is 96.0 Å². The molecule has 1 aliphatic carbocycles. The molecule has 0 radical (unpaired) electrons. The maximum Gasteiger partial charge on any atom is 0.271 e. The molecule has 3 N–H and O–H groups in total. The lowest BCUT2D eigenvalue weighted by molar-refractivity contribution is -0.122. The third kappa shape index (κ3) is 5.02. The summed E-state index contributed by atoms with van der Waals surface area (Å²) in [6.07, 6.45) is 2.95. The standard InChI is InChI=1S/C14H21N5O2/c1-2-7-15-12-6-5-11(18-19-12)14(21)17-9-8-16-13(20)10-3-4-10/h5-6,10H,2-4,7-9H2,1H3,(H,15,19)(H,16,20)(H,17,21). The van der Waals surface area contributed by atoms with E-state index in [1.807, 2.05) is 0 Å². The number of nitrogens with zero attached hydrogens (tertiary/aromatic N) is 2. The highest BCUT2D eigenvalue weighted by Crippen LogP contribution is 2.28. The van der Waals surface area contributed by atoms with Gasteiger partial charge < -0.3 is 16.0 Å². The lowest BCUT2D eigenvalue weighted by atomic mass is 10.3. The number of nitrogens with one attached hydrogen (secondary N) is 3. The monoisotopic (exact) mass is 291 g/mol. The van der Waals surface area contributed by atoms with Crippen molar-refractivity contribution in [1.82, 2.24) is 20.8 Å². The molecule has 1 aromatic rings. The molecule has 7 nitrogen and oxygen atoms in total.